The van der Waals surface area contributed by atoms with E-state index in [0.717, 1.165) is 11.4 Å². The molecule has 0 bridgehead atoms. The van der Waals surface area contributed by atoms with Gasteiger partial charge in [-0.1, -0.05) is 17.7 Å². The van der Waals surface area contributed by atoms with Crippen LogP contribution in [0.1, 0.15) is 32.0 Å². The lowest BCUT2D eigenvalue weighted by molar-refractivity contribution is 0.0528. The van der Waals surface area contributed by atoms with E-state index in [1.165, 1.54) is 5.56 Å². The molecule has 1 aromatic heterocycles. The van der Waals surface area contributed by atoms with Crippen molar-refractivity contribution in [1.82, 2.24) is 14.9 Å². The molecule has 118 valence electrons. The van der Waals surface area contributed by atoms with Crippen LogP contribution in [0.2, 0.25) is 0 Å². The van der Waals surface area contributed by atoms with E-state index in [4.69, 9.17) is 4.74 Å². The number of carbonyl (C=O) groups is 1. The van der Waals surface area contributed by atoms with Crippen molar-refractivity contribution in [2.45, 2.75) is 39.7 Å². The molecule has 0 fully saturated rings. The van der Waals surface area contributed by atoms with Gasteiger partial charge in [-0.25, -0.2) is 9.78 Å². The third kappa shape index (κ3) is 4.62. The summed E-state index contributed by atoms with van der Waals surface area (Å²) in [5.41, 5.74) is 2.85. The second-order valence-corrected chi connectivity index (χ2v) is 6.27. The van der Waals surface area contributed by atoms with Gasteiger partial charge < -0.3 is 14.6 Å². The molecule has 5 nitrogen and oxygen atoms in total. The van der Waals surface area contributed by atoms with Gasteiger partial charge in [0.05, 0.1) is 6.33 Å². The number of aromatic nitrogens is 2. The van der Waals surface area contributed by atoms with Gasteiger partial charge in [0.15, 0.2) is 0 Å². The van der Waals surface area contributed by atoms with E-state index in [9.17, 15) is 4.79 Å². The van der Waals surface area contributed by atoms with Crippen molar-refractivity contribution in [2.75, 3.05) is 6.54 Å². The third-order valence-electron chi connectivity index (χ3n) is 3.08. The first-order valence-electron chi connectivity index (χ1n) is 7.40. The molecule has 1 amide bonds. The Labute approximate surface area is 131 Å². The lowest BCUT2D eigenvalue weighted by Gasteiger charge is -2.19. The van der Waals surface area contributed by atoms with Gasteiger partial charge in [-0.3, -0.25) is 0 Å². The van der Waals surface area contributed by atoms with Gasteiger partial charge in [0.1, 0.15) is 5.60 Å². The lowest BCUT2D eigenvalue weighted by atomic mass is 10.2. The van der Waals surface area contributed by atoms with Crippen molar-refractivity contribution in [3.05, 3.63) is 48.0 Å². The van der Waals surface area contributed by atoms with Gasteiger partial charge in [0.25, 0.3) is 0 Å². The molecule has 0 aliphatic carbocycles. The first kappa shape index (κ1) is 16.1. The molecule has 0 aliphatic rings. The number of ether oxygens (including phenoxy) is 1. The summed E-state index contributed by atoms with van der Waals surface area (Å²) in [6.45, 7) is 8.10. The molecule has 1 N–H and O–H groups in total. The zero-order chi connectivity index (χ0) is 16.2. The summed E-state index contributed by atoms with van der Waals surface area (Å²) >= 11 is 0. The Kier molecular flexibility index (Phi) is 4.85. The van der Waals surface area contributed by atoms with Crippen molar-refractivity contribution in [3.8, 4) is 5.69 Å². The van der Waals surface area contributed by atoms with Crippen molar-refractivity contribution in [2.24, 2.45) is 0 Å². The maximum Gasteiger partial charge on any atom is 0.407 e. The van der Waals surface area contributed by atoms with Gasteiger partial charge >= 0.3 is 6.09 Å². The minimum atomic E-state index is -0.478. The fraction of sp³-hybridized carbons (Fsp3) is 0.412. The van der Waals surface area contributed by atoms with Gasteiger partial charge in [-0.05, 0) is 39.8 Å². The standard InChI is InChI=1S/C17H23N3O2/c1-13-5-7-14(8-6-13)20-12-18-11-15(20)9-10-19-16(21)22-17(2,3)4/h5-8,11-12H,9-10H2,1-4H3,(H,19,21). The van der Waals surface area contributed by atoms with Gasteiger partial charge in [-0.2, -0.15) is 0 Å². The number of hydrogen-bond acceptors (Lipinski definition) is 3. The molecule has 2 aromatic rings. The molecule has 0 spiro atoms. The Morgan fingerprint density at radius 2 is 1.95 bits per heavy atom. The summed E-state index contributed by atoms with van der Waals surface area (Å²) in [5, 5.41) is 2.76. The highest BCUT2D eigenvalue weighted by Gasteiger charge is 2.15. The number of rotatable bonds is 4. The number of carbonyl (C=O) groups excluding carboxylic acids is 1. The smallest absolute Gasteiger partial charge is 0.407 e. The molecule has 1 heterocycles. The summed E-state index contributed by atoms with van der Waals surface area (Å²) in [6, 6.07) is 8.25. The highest BCUT2D eigenvalue weighted by Crippen LogP contribution is 2.13. The Morgan fingerprint density at radius 3 is 2.59 bits per heavy atom. The molecule has 0 radical (unpaired) electrons. The number of imidazole rings is 1. The summed E-state index contributed by atoms with van der Waals surface area (Å²) in [6.07, 6.45) is 3.89. The number of benzene rings is 1. The van der Waals surface area contributed by atoms with Crippen molar-refractivity contribution in [1.29, 1.82) is 0 Å². The van der Waals surface area contributed by atoms with E-state index < -0.39 is 11.7 Å². The van der Waals surface area contributed by atoms with Gasteiger partial charge in [-0.15, -0.1) is 0 Å². The van der Waals surface area contributed by atoms with E-state index in [-0.39, 0.29) is 0 Å². The topological polar surface area (TPSA) is 56.2 Å². The molecule has 0 aliphatic heterocycles. The monoisotopic (exact) mass is 301 g/mol. The largest absolute Gasteiger partial charge is 0.444 e. The molecule has 5 heteroatoms. The number of aryl methyl sites for hydroxylation is 1. The molecular weight excluding hydrogens is 278 g/mol. The summed E-state index contributed by atoms with van der Waals surface area (Å²) in [7, 11) is 0. The normalized spacial score (nSPS) is 11.3. The SMILES string of the molecule is Cc1ccc(-n2cncc2CCNC(=O)OC(C)(C)C)cc1. The van der Waals surface area contributed by atoms with E-state index in [1.807, 2.05) is 31.5 Å². The molecule has 22 heavy (non-hydrogen) atoms. The van der Waals surface area contributed by atoms with Crippen LogP contribution in [0, 0.1) is 6.92 Å². The van der Waals surface area contributed by atoms with Crippen LogP contribution in [0.5, 0.6) is 0 Å². The van der Waals surface area contributed by atoms with E-state index >= 15 is 0 Å². The van der Waals surface area contributed by atoms with Crippen LogP contribution in [0.25, 0.3) is 5.69 Å². The molecule has 1 aromatic carbocycles. The predicted octanol–water partition coefficient (Wildman–Crippen LogP) is 3.25. The fourth-order valence-electron chi connectivity index (χ4n) is 2.05. The second kappa shape index (κ2) is 6.64. The van der Waals surface area contributed by atoms with Crippen molar-refractivity contribution in [3.63, 3.8) is 0 Å². The number of nitrogens with one attached hydrogen (secondary N) is 1. The molecular formula is C17H23N3O2. The minimum Gasteiger partial charge on any atom is -0.444 e. The van der Waals surface area contributed by atoms with Crippen LogP contribution < -0.4 is 5.32 Å². The van der Waals surface area contributed by atoms with Crippen LogP contribution in [-0.4, -0.2) is 27.8 Å². The second-order valence-electron chi connectivity index (χ2n) is 6.27. The zero-order valence-electron chi connectivity index (χ0n) is 13.6. The van der Waals surface area contributed by atoms with Crippen LogP contribution in [0.3, 0.4) is 0 Å². The van der Waals surface area contributed by atoms with E-state index in [0.29, 0.717) is 13.0 Å². The highest BCUT2D eigenvalue weighted by atomic mass is 16.6. The first-order valence-corrected chi connectivity index (χ1v) is 7.40. The average Bonchev–Trinajstić information content (AvgIpc) is 2.86. The Hall–Kier alpha value is -2.30. The number of amides is 1. The van der Waals surface area contributed by atoms with Crippen LogP contribution in [-0.2, 0) is 11.2 Å². The quantitative estimate of drug-likeness (QED) is 0.943. The number of hydrogen-bond donors (Lipinski definition) is 1. The zero-order valence-corrected chi connectivity index (χ0v) is 13.6. The molecule has 0 atom stereocenters. The molecule has 0 unspecified atom stereocenters. The van der Waals surface area contributed by atoms with Crippen LogP contribution in [0.15, 0.2) is 36.8 Å². The third-order valence-corrected chi connectivity index (χ3v) is 3.08. The molecule has 0 saturated heterocycles. The number of alkyl carbamates (subject to hydrolysis) is 1. The predicted molar refractivity (Wildman–Crippen MR) is 86.2 cm³/mol. The lowest BCUT2D eigenvalue weighted by Crippen LogP contribution is -2.33. The fourth-order valence-corrected chi connectivity index (χ4v) is 2.05. The minimum absolute atomic E-state index is 0.395. The van der Waals surface area contributed by atoms with E-state index in [2.05, 4.69) is 41.5 Å². The molecule has 2 rings (SSSR count). The van der Waals surface area contributed by atoms with Gasteiger partial charge in [0, 0.05) is 30.5 Å². The number of nitrogens with zero attached hydrogens (tertiary/aromatic N) is 2. The van der Waals surface area contributed by atoms with Crippen LogP contribution in [0.4, 0.5) is 4.79 Å². The van der Waals surface area contributed by atoms with Crippen molar-refractivity contribution >= 4 is 6.09 Å². The summed E-state index contributed by atoms with van der Waals surface area (Å²) in [5.74, 6) is 0. The maximum absolute atomic E-state index is 11.6. The van der Waals surface area contributed by atoms with Crippen LogP contribution >= 0.6 is 0 Å². The van der Waals surface area contributed by atoms with E-state index in [1.54, 1.807) is 6.33 Å². The van der Waals surface area contributed by atoms with Crippen molar-refractivity contribution < 1.29 is 9.53 Å². The average molecular weight is 301 g/mol. The molecule has 0 saturated carbocycles. The summed E-state index contributed by atoms with van der Waals surface area (Å²) < 4.78 is 7.24. The maximum atomic E-state index is 11.6. The Bertz CT molecular complexity index is 624. The Balaban J connectivity index is 1.93. The first-order chi connectivity index (χ1) is 10.3. The highest BCUT2D eigenvalue weighted by molar-refractivity contribution is 5.67. The van der Waals surface area contributed by atoms with Gasteiger partial charge in [0.2, 0.25) is 0 Å². The Morgan fingerprint density at radius 1 is 1.27 bits per heavy atom. The summed E-state index contributed by atoms with van der Waals surface area (Å²) in [4.78, 5) is 15.8.